The van der Waals surface area contributed by atoms with Crippen molar-refractivity contribution in [3.05, 3.63) is 28.2 Å². The molecule has 5 heteroatoms. The average molecular weight is 330 g/mol. The second-order valence-electron chi connectivity index (χ2n) is 4.45. The second-order valence-corrected chi connectivity index (χ2v) is 5.85. The average Bonchev–Trinajstić information content (AvgIpc) is 2.37. The molecule has 0 spiro atoms. The maximum atomic E-state index is 12.0. The van der Waals surface area contributed by atoms with Gasteiger partial charge in [0.2, 0.25) is 0 Å². The zero-order chi connectivity index (χ0) is 13.0. The maximum Gasteiger partial charge on any atom is 0.252 e. The molecule has 1 aliphatic rings. The van der Waals surface area contributed by atoms with Crippen LogP contribution in [-0.2, 0) is 4.74 Å². The van der Waals surface area contributed by atoms with Gasteiger partial charge < -0.3 is 10.1 Å². The molecule has 18 heavy (non-hydrogen) atoms. The fourth-order valence-electron chi connectivity index (χ4n) is 2.00. The summed E-state index contributed by atoms with van der Waals surface area (Å²) in [6.07, 6.45) is 2.20. The molecule has 1 atom stereocenters. The van der Waals surface area contributed by atoms with E-state index < -0.39 is 0 Å². The molecular formula is C13H16BrNO2S. The Bertz CT molecular complexity index is 433. The van der Waals surface area contributed by atoms with E-state index in [4.69, 9.17) is 4.74 Å². The molecule has 0 bridgehead atoms. The Labute approximate surface area is 121 Å². The van der Waals surface area contributed by atoms with E-state index in [1.54, 1.807) is 6.07 Å². The van der Waals surface area contributed by atoms with E-state index >= 15 is 0 Å². The van der Waals surface area contributed by atoms with Crippen LogP contribution in [0.3, 0.4) is 0 Å². The summed E-state index contributed by atoms with van der Waals surface area (Å²) in [6.45, 7) is 2.26. The predicted octanol–water partition coefficient (Wildman–Crippen LogP) is 2.89. The zero-order valence-corrected chi connectivity index (χ0v) is 12.5. The van der Waals surface area contributed by atoms with Crippen molar-refractivity contribution in [2.45, 2.75) is 17.7 Å². The molecule has 0 saturated carbocycles. The second kappa shape index (κ2) is 6.59. The van der Waals surface area contributed by atoms with Crippen LogP contribution in [0.25, 0.3) is 0 Å². The molecule has 3 nitrogen and oxygen atoms in total. The molecule has 0 aliphatic carbocycles. The first-order valence-electron chi connectivity index (χ1n) is 6.01. The lowest BCUT2D eigenvalue weighted by Crippen LogP contribution is -2.33. The fourth-order valence-corrected chi connectivity index (χ4v) is 2.85. The van der Waals surface area contributed by atoms with E-state index in [0.29, 0.717) is 22.9 Å². The van der Waals surface area contributed by atoms with Gasteiger partial charge >= 0.3 is 0 Å². The fraction of sp³-hybridized carbons (Fsp3) is 0.462. The first-order chi connectivity index (χ1) is 8.66. The molecule has 1 saturated heterocycles. The number of nitrogens with one attached hydrogen (secondary N) is 1. The van der Waals surface area contributed by atoms with Crippen molar-refractivity contribution in [1.29, 1.82) is 0 Å². The van der Waals surface area contributed by atoms with E-state index in [1.165, 1.54) is 0 Å². The Balaban J connectivity index is 1.90. The van der Waals surface area contributed by atoms with Crippen LogP contribution in [0, 0.1) is 5.92 Å². The Morgan fingerprint density at radius 3 is 3.06 bits per heavy atom. The normalized spacial score (nSPS) is 19.6. The van der Waals surface area contributed by atoms with Crippen molar-refractivity contribution in [3.8, 4) is 0 Å². The van der Waals surface area contributed by atoms with Crippen molar-refractivity contribution in [3.63, 3.8) is 0 Å². The zero-order valence-electron chi connectivity index (χ0n) is 9.99. The van der Waals surface area contributed by atoms with Gasteiger partial charge in [-0.15, -0.1) is 12.6 Å². The molecule has 1 amide bonds. The van der Waals surface area contributed by atoms with Crippen LogP contribution in [0.2, 0.25) is 0 Å². The lowest BCUT2D eigenvalue weighted by atomic mass is 10.0. The highest BCUT2D eigenvalue weighted by Crippen LogP contribution is 2.20. The van der Waals surface area contributed by atoms with Crippen molar-refractivity contribution in [2.75, 3.05) is 19.8 Å². The molecule has 2 rings (SSSR count). The van der Waals surface area contributed by atoms with Gasteiger partial charge in [0.15, 0.2) is 0 Å². The molecule has 1 unspecified atom stereocenters. The lowest BCUT2D eigenvalue weighted by Gasteiger charge is -2.22. The first-order valence-corrected chi connectivity index (χ1v) is 7.25. The maximum absolute atomic E-state index is 12.0. The number of hydrogen-bond acceptors (Lipinski definition) is 3. The first kappa shape index (κ1) is 13.9. The van der Waals surface area contributed by atoms with Crippen LogP contribution in [0.1, 0.15) is 23.2 Å². The lowest BCUT2D eigenvalue weighted by molar-refractivity contribution is 0.0536. The van der Waals surface area contributed by atoms with Crippen molar-refractivity contribution >= 4 is 34.5 Å². The topological polar surface area (TPSA) is 38.3 Å². The van der Waals surface area contributed by atoms with Crippen molar-refractivity contribution in [1.82, 2.24) is 5.32 Å². The van der Waals surface area contributed by atoms with Crippen molar-refractivity contribution in [2.24, 2.45) is 5.92 Å². The van der Waals surface area contributed by atoms with Crippen LogP contribution >= 0.6 is 28.6 Å². The van der Waals surface area contributed by atoms with Gasteiger partial charge in [0.05, 0.1) is 12.2 Å². The standard InChI is InChI=1S/C13H16BrNO2S/c14-10-3-4-11(12(18)6-10)13(16)15-7-9-2-1-5-17-8-9/h3-4,6,9,18H,1-2,5,7-8H2,(H,15,16). The number of halogens is 1. The summed E-state index contributed by atoms with van der Waals surface area (Å²) in [6, 6.07) is 5.44. The van der Waals surface area contributed by atoms with E-state index in [1.807, 2.05) is 12.1 Å². The number of carbonyl (C=O) groups excluding carboxylic acids is 1. The van der Waals surface area contributed by atoms with Crippen LogP contribution in [0.15, 0.2) is 27.6 Å². The molecule has 1 aromatic carbocycles. The molecule has 98 valence electrons. The van der Waals surface area contributed by atoms with E-state index in [-0.39, 0.29) is 5.91 Å². The number of amides is 1. The third-order valence-electron chi connectivity index (χ3n) is 3.01. The summed E-state index contributed by atoms with van der Waals surface area (Å²) in [4.78, 5) is 12.7. The highest BCUT2D eigenvalue weighted by Gasteiger charge is 2.16. The number of benzene rings is 1. The quantitative estimate of drug-likeness (QED) is 0.837. The highest BCUT2D eigenvalue weighted by atomic mass is 79.9. The number of hydrogen-bond donors (Lipinski definition) is 2. The summed E-state index contributed by atoms with van der Waals surface area (Å²) < 4.78 is 6.31. The summed E-state index contributed by atoms with van der Waals surface area (Å²) >= 11 is 7.66. The molecule has 1 fully saturated rings. The predicted molar refractivity (Wildman–Crippen MR) is 77.3 cm³/mol. The molecule has 0 aromatic heterocycles. The Morgan fingerprint density at radius 2 is 2.39 bits per heavy atom. The van der Waals surface area contributed by atoms with Crippen LogP contribution < -0.4 is 5.32 Å². The van der Waals surface area contributed by atoms with E-state index in [2.05, 4.69) is 33.9 Å². The summed E-state index contributed by atoms with van der Waals surface area (Å²) in [5.74, 6) is 0.361. The van der Waals surface area contributed by atoms with E-state index in [0.717, 1.165) is 30.5 Å². The minimum Gasteiger partial charge on any atom is -0.381 e. The van der Waals surface area contributed by atoms with Gasteiger partial charge in [0.1, 0.15) is 0 Å². The SMILES string of the molecule is O=C(NCC1CCCOC1)c1ccc(Br)cc1S. The summed E-state index contributed by atoms with van der Waals surface area (Å²) in [7, 11) is 0. The third-order valence-corrected chi connectivity index (χ3v) is 3.87. The van der Waals surface area contributed by atoms with Gasteiger partial charge in [0.25, 0.3) is 5.91 Å². The Hall–Kier alpha value is -0.520. The largest absolute Gasteiger partial charge is 0.381 e. The van der Waals surface area contributed by atoms with Crippen LogP contribution in [0.5, 0.6) is 0 Å². The minimum atomic E-state index is -0.0712. The van der Waals surface area contributed by atoms with Gasteiger partial charge in [-0.05, 0) is 37.0 Å². The monoisotopic (exact) mass is 329 g/mol. The molecule has 1 aliphatic heterocycles. The van der Waals surface area contributed by atoms with Crippen LogP contribution in [0.4, 0.5) is 0 Å². The number of ether oxygens (including phenoxy) is 1. The highest BCUT2D eigenvalue weighted by molar-refractivity contribution is 9.10. The molecule has 0 radical (unpaired) electrons. The summed E-state index contributed by atoms with van der Waals surface area (Å²) in [5, 5.41) is 2.95. The number of carbonyl (C=O) groups is 1. The number of rotatable bonds is 3. The van der Waals surface area contributed by atoms with Gasteiger partial charge in [0, 0.05) is 22.5 Å². The number of thiol groups is 1. The van der Waals surface area contributed by atoms with Gasteiger partial charge in [-0.25, -0.2) is 0 Å². The Kier molecular flexibility index (Phi) is 5.09. The van der Waals surface area contributed by atoms with Crippen molar-refractivity contribution < 1.29 is 9.53 Å². The van der Waals surface area contributed by atoms with E-state index in [9.17, 15) is 4.79 Å². The smallest absolute Gasteiger partial charge is 0.252 e. The van der Waals surface area contributed by atoms with Gasteiger partial charge in [-0.1, -0.05) is 15.9 Å². The molecule has 1 N–H and O–H groups in total. The minimum absolute atomic E-state index is 0.0712. The molecular weight excluding hydrogens is 314 g/mol. The van der Waals surface area contributed by atoms with Gasteiger partial charge in [-0.3, -0.25) is 4.79 Å². The Morgan fingerprint density at radius 1 is 1.56 bits per heavy atom. The van der Waals surface area contributed by atoms with Gasteiger partial charge in [-0.2, -0.15) is 0 Å². The third kappa shape index (κ3) is 3.73. The molecule has 1 heterocycles. The van der Waals surface area contributed by atoms with Crippen LogP contribution in [-0.4, -0.2) is 25.7 Å². The molecule has 1 aromatic rings. The summed E-state index contributed by atoms with van der Waals surface area (Å²) in [5.41, 5.74) is 0.610.